The first-order valence-electron chi connectivity index (χ1n) is 9.81. The van der Waals surface area contributed by atoms with Gasteiger partial charge >= 0.3 is 0 Å². The highest BCUT2D eigenvalue weighted by Gasteiger charge is 2.23. The molecule has 2 aromatic carbocycles. The van der Waals surface area contributed by atoms with Crippen molar-refractivity contribution in [2.45, 2.75) is 30.2 Å². The van der Waals surface area contributed by atoms with Gasteiger partial charge in [-0.25, -0.2) is 0 Å². The number of fused-ring (bicyclic) bond motifs is 1. The van der Waals surface area contributed by atoms with E-state index in [1.54, 1.807) is 40.9 Å². The SMILES string of the molecule is O=C(CNC(=O)c1ccc(N2CCCC2=O)cc1)N[C@@H]1CCSc2ccccc21. The summed E-state index contributed by atoms with van der Waals surface area (Å²) in [6.07, 6.45) is 2.31. The van der Waals surface area contributed by atoms with Gasteiger partial charge < -0.3 is 15.5 Å². The van der Waals surface area contributed by atoms with Crippen molar-refractivity contribution in [1.29, 1.82) is 0 Å². The van der Waals surface area contributed by atoms with E-state index < -0.39 is 0 Å². The van der Waals surface area contributed by atoms with Crippen LogP contribution in [-0.4, -0.2) is 36.6 Å². The van der Waals surface area contributed by atoms with Crippen molar-refractivity contribution in [2.75, 3.05) is 23.7 Å². The second-order valence-electron chi connectivity index (χ2n) is 7.17. The van der Waals surface area contributed by atoms with Gasteiger partial charge in [-0.3, -0.25) is 14.4 Å². The first kappa shape index (κ1) is 19.5. The summed E-state index contributed by atoms with van der Waals surface area (Å²) in [5, 5.41) is 5.70. The molecule has 2 aliphatic rings. The molecule has 0 aliphatic carbocycles. The van der Waals surface area contributed by atoms with Crippen LogP contribution in [0.4, 0.5) is 5.69 Å². The Labute approximate surface area is 174 Å². The second-order valence-corrected chi connectivity index (χ2v) is 8.31. The molecule has 150 valence electrons. The maximum Gasteiger partial charge on any atom is 0.251 e. The highest BCUT2D eigenvalue weighted by molar-refractivity contribution is 7.99. The highest BCUT2D eigenvalue weighted by atomic mass is 32.2. The molecule has 3 amide bonds. The van der Waals surface area contributed by atoms with Gasteiger partial charge in [0.05, 0.1) is 12.6 Å². The van der Waals surface area contributed by atoms with Crippen molar-refractivity contribution in [3.05, 3.63) is 59.7 Å². The molecule has 1 atom stereocenters. The minimum Gasteiger partial charge on any atom is -0.348 e. The van der Waals surface area contributed by atoms with Gasteiger partial charge in [0.2, 0.25) is 11.8 Å². The van der Waals surface area contributed by atoms with E-state index in [-0.39, 0.29) is 30.3 Å². The normalized spacial score (nSPS) is 18.3. The lowest BCUT2D eigenvalue weighted by Gasteiger charge is -2.25. The Hall–Kier alpha value is -2.80. The zero-order valence-corrected chi connectivity index (χ0v) is 16.8. The van der Waals surface area contributed by atoms with E-state index in [9.17, 15) is 14.4 Å². The van der Waals surface area contributed by atoms with Gasteiger partial charge in [-0.15, -0.1) is 11.8 Å². The van der Waals surface area contributed by atoms with Crippen molar-refractivity contribution >= 4 is 35.2 Å². The Balaban J connectivity index is 1.30. The number of carbonyl (C=O) groups is 3. The second kappa shape index (κ2) is 8.69. The van der Waals surface area contributed by atoms with E-state index >= 15 is 0 Å². The van der Waals surface area contributed by atoms with Crippen LogP contribution in [-0.2, 0) is 9.59 Å². The Morgan fingerprint density at radius 2 is 1.90 bits per heavy atom. The number of hydrogen-bond acceptors (Lipinski definition) is 4. The standard InChI is InChI=1S/C22H23N3O3S/c26-20(24-18-11-13-29-19-5-2-1-4-17(18)19)14-23-22(28)15-7-9-16(10-8-15)25-12-3-6-21(25)27/h1-2,4-5,7-10,18H,3,6,11-14H2,(H,23,28)(H,24,26)/t18-/m1/s1. The molecular weight excluding hydrogens is 386 g/mol. The molecule has 0 spiro atoms. The van der Waals surface area contributed by atoms with Gasteiger partial charge in [-0.2, -0.15) is 0 Å². The van der Waals surface area contributed by atoms with Crippen molar-refractivity contribution in [2.24, 2.45) is 0 Å². The van der Waals surface area contributed by atoms with Crippen LogP contribution in [0.15, 0.2) is 53.4 Å². The molecule has 2 aromatic rings. The van der Waals surface area contributed by atoms with Crippen LogP contribution < -0.4 is 15.5 Å². The van der Waals surface area contributed by atoms with Gasteiger partial charge in [-0.1, -0.05) is 18.2 Å². The zero-order chi connectivity index (χ0) is 20.2. The molecule has 4 rings (SSSR count). The average Bonchev–Trinajstić information content (AvgIpc) is 3.18. The maximum atomic E-state index is 12.4. The Morgan fingerprint density at radius 3 is 2.66 bits per heavy atom. The number of anilines is 1. The van der Waals surface area contributed by atoms with Crippen molar-refractivity contribution in [3.63, 3.8) is 0 Å². The van der Waals surface area contributed by atoms with Crippen LogP contribution in [0, 0.1) is 0 Å². The molecule has 6 nitrogen and oxygen atoms in total. The number of benzene rings is 2. The Kier molecular flexibility index (Phi) is 5.85. The Bertz CT molecular complexity index is 929. The maximum absolute atomic E-state index is 12.4. The van der Waals surface area contributed by atoms with Gasteiger partial charge in [-0.05, 0) is 48.7 Å². The van der Waals surface area contributed by atoms with E-state index in [2.05, 4.69) is 16.7 Å². The summed E-state index contributed by atoms with van der Waals surface area (Å²) >= 11 is 1.80. The Morgan fingerprint density at radius 1 is 1.10 bits per heavy atom. The third kappa shape index (κ3) is 4.45. The smallest absolute Gasteiger partial charge is 0.251 e. The lowest BCUT2D eigenvalue weighted by molar-refractivity contribution is -0.121. The summed E-state index contributed by atoms with van der Waals surface area (Å²) in [5.41, 5.74) is 2.40. The number of nitrogens with zero attached hydrogens (tertiary/aromatic N) is 1. The number of carbonyl (C=O) groups excluding carboxylic acids is 3. The largest absolute Gasteiger partial charge is 0.348 e. The van der Waals surface area contributed by atoms with Crippen LogP contribution in [0.2, 0.25) is 0 Å². The first-order chi connectivity index (χ1) is 14.1. The lowest BCUT2D eigenvalue weighted by Crippen LogP contribution is -2.39. The molecule has 0 saturated carbocycles. The zero-order valence-electron chi connectivity index (χ0n) is 16.0. The molecule has 1 saturated heterocycles. The third-order valence-electron chi connectivity index (χ3n) is 5.22. The fraction of sp³-hybridized carbons (Fsp3) is 0.318. The molecule has 2 aliphatic heterocycles. The van der Waals surface area contributed by atoms with E-state index in [1.807, 2.05) is 18.2 Å². The molecule has 29 heavy (non-hydrogen) atoms. The van der Waals surface area contributed by atoms with Gasteiger partial charge in [0.15, 0.2) is 0 Å². The minimum atomic E-state index is -0.306. The van der Waals surface area contributed by atoms with Crippen LogP contribution >= 0.6 is 11.8 Å². The quantitative estimate of drug-likeness (QED) is 0.796. The molecule has 0 aromatic heterocycles. The first-order valence-corrected chi connectivity index (χ1v) is 10.8. The fourth-order valence-corrected chi connectivity index (χ4v) is 4.84. The summed E-state index contributed by atoms with van der Waals surface area (Å²) in [6, 6.07) is 15.0. The number of rotatable bonds is 5. The molecule has 0 radical (unpaired) electrons. The molecule has 0 bridgehead atoms. The van der Waals surface area contributed by atoms with Crippen LogP contribution in [0.5, 0.6) is 0 Å². The molecule has 2 N–H and O–H groups in total. The van der Waals surface area contributed by atoms with E-state index in [0.717, 1.165) is 29.8 Å². The molecule has 7 heteroatoms. The fourth-order valence-electron chi connectivity index (χ4n) is 3.71. The third-order valence-corrected chi connectivity index (χ3v) is 6.34. The van der Waals surface area contributed by atoms with Crippen molar-refractivity contribution in [1.82, 2.24) is 10.6 Å². The number of thioether (sulfide) groups is 1. The summed E-state index contributed by atoms with van der Waals surface area (Å²) in [5.74, 6) is 0.560. The summed E-state index contributed by atoms with van der Waals surface area (Å²) < 4.78 is 0. The molecule has 2 heterocycles. The average molecular weight is 410 g/mol. The monoisotopic (exact) mass is 409 g/mol. The predicted octanol–water partition coefficient (Wildman–Crippen LogP) is 2.90. The van der Waals surface area contributed by atoms with Gasteiger partial charge in [0.25, 0.3) is 5.91 Å². The lowest BCUT2D eigenvalue weighted by atomic mass is 10.0. The summed E-state index contributed by atoms with van der Waals surface area (Å²) in [4.78, 5) is 39.4. The van der Waals surface area contributed by atoms with Crippen LogP contribution in [0.25, 0.3) is 0 Å². The van der Waals surface area contributed by atoms with Gasteiger partial charge in [0, 0.05) is 34.9 Å². The number of nitrogens with one attached hydrogen (secondary N) is 2. The van der Waals surface area contributed by atoms with Crippen molar-refractivity contribution < 1.29 is 14.4 Å². The van der Waals surface area contributed by atoms with E-state index in [4.69, 9.17) is 0 Å². The van der Waals surface area contributed by atoms with Crippen LogP contribution in [0.1, 0.15) is 41.2 Å². The minimum absolute atomic E-state index is 0.0193. The van der Waals surface area contributed by atoms with E-state index in [0.29, 0.717) is 18.5 Å². The molecule has 0 unspecified atom stereocenters. The molecular formula is C22H23N3O3S. The van der Waals surface area contributed by atoms with Crippen LogP contribution in [0.3, 0.4) is 0 Å². The van der Waals surface area contributed by atoms with E-state index in [1.165, 1.54) is 4.90 Å². The van der Waals surface area contributed by atoms with Gasteiger partial charge in [0.1, 0.15) is 0 Å². The highest BCUT2D eigenvalue weighted by Crippen LogP contribution is 2.35. The topological polar surface area (TPSA) is 78.5 Å². The number of hydrogen-bond donors (Lipinski definition) is 2. The predicted molar refractivity (Wildman–Crippen MR) is 113 cm³/mol. The number of amides is 3. The summed E-state index contributed by atoms with van der Waals surface area (Å²) in [6.45, 7) is 0.643. The molecule has 1 fully saturated rings. The summed E-state index contributed by atoms with van der Waals surface area (Å²) in [7, 11) is 0. The van der Waals surface area contributed by atoms with Crippen molar-refractivity contribution in [3.8, 4) is 0 Å².